The van der Waals surface area contributed by atoms with Gasteiger partial charge in [0.2, 0.25) is 0 Å². The second kappa shape index (κ2) is 8.53. The number of methoxy groups -OCH3 is 1. The second-order valence-corrected chi connectivity index (χ2v) is 4.87. The summed E-state index contributed by atoms with van der Waals surface area (Å²) in [6.45, 7) is 8.06. The maximum atomic E-state index is 5.76. The molecule has 2 N–H and O–H groups in total. The first-order chi connectivity index (χ1) is 11.7. The van der Waals surface area contributed by atoms with Crippen LogP contribution >= 0.6 is 0 Å². The van der Waals surface area contributed by atoms with Crippen molar-refractivity contribution in [1.29, 1.82) is 0 Å². The van der Waals surface area contributed by atoms with Crippen molar-refractivity contribution in [3.63, 3.8) is 0 Å². The van der Waals surface area contributed by atoms with Crippen molar-refractivity contribution in [2.24, 2.45) is 5.11 Å². The summed E-state index contributed by atoms with van der Waals surface area (Å²) >= 11 is 0. The number of ether oxygens (including phenoxy) is 3. The molecule has 2 aromatic carbocycles. The lowest BCUT2D eigenvalue weighted by atomic mass is 10.0. The van der Waals surface area contributed by atoms with Crippen molar-refractivity contribution in [2.75, 3.05) is 20.3 Å². The number of nitrogens with zero attached hydrogens (tertiary/aromatic N) is 1. The average molecular weight is 325 g/mol. The highest BCUT2D eigenvalue weighted by molar-refractivity contribution is 5.76. The lowest BCUT2D eigenvalue weighted by Gasteiger charge is -2.14. The Morgan fingerprint density at radius 2 is 1.62 bits per heavy atom. The fourth-order valence-corrected chi connectivity index (χ4v) is 2.18. The Morgan fingerprint density at radius 1 is 1.00 bits per heavy atom. The van der Waals surface area contributed by atoms with Crippen LogP contribution < -0.4 is 19.7 Å². The Morgan fingerprint density at radius 3 is 2.17 bits per heavy atom. The second-order valence-electron chi connectivity index (χ2n) is 4.87. The molecule has 0 bridgehead atoms. The fourth-order valence-electron chi connectivity index (χ4n) is 2.18. The van der Waals surface area contributed by atoms with Crippen molar-refractivity contribution in [2.45, 2.75) is 0 Å². The Labute approximate surface area is 141 Å². The monoisotopic (exact) mass is 325 g/mol. The number of hydrogen-bond acceptors (Lipinski definition) is 4. The molecule has 0 aromatic heterocycles. The minimum atomic E-state index is 0.359. The number of hydrogen-bond donors (Lipinski definition) is 1. The van der Waals surface area contributed by atoms with E-state index in [1.165, 1.54) is 0 Å². The van der Waals surface area contributed by atoms with Crippen molar-refractivity contribution < 1.29 is 19.7 Å². The first kappa shape index (κ1) is 17.3. The van der Waals surface area contributed by atoms with Crippen LogP contribution in [0, 0.1) is 0 Å². The topological polar surface area (TPSA) is 65.6 Å². The summed E-state index contributed by atoms with van der Waals surface area (Å²) in [4.78, 5) is 0. The van der Waals surface area contributed by atoms with E-state index in [0.29, 0.717) is 30.4 Å². The van der Waals surface area contributed by atoms with Crippen LogP contribution in [0.2, 0.25) is 0 Å². The van der Waals surface area contributed by atoms with Gasteiger partial charge in [-0.3, -0.25) is 0 Å². The molecule has 0 atom stereocenters. The summed E-state index contributed by atoms with van der Waals surface area (Å²) in [6, 6.07) is 11.3. The molecule has 2 rings (SSSR count). The van der Waals surface area contributed by atoms with Crippen LogP contribution in [-0.4, -0.2) is 20.3 Å². The normalized spacial score (nSPS) is 9.88. The third-order valence-corrected chi connectivity index (χ3v) is 3.31. The molecule has 0 saturated carbocycles. The molecule has 0 fully saturated rings. The molecule has 5 nitrogen and oxygen atoms in total. The van der Waals surface area contributed by atoms with E-state index in [1.54, 1.807) is 25.3 Å². The predicted molar refractivity (Wildman–Crippen MR) is 93.8 cm³/mol. The summed E-state index contributed by atoms with van der Waals surface area (Å²) in [5, 5.41) is 3.77. The van der Waals surface area contributed by atoms with Crippen molar-refractivity contribution in [3.05, 3.63) is 61.7 Å². The van der Waals surface area contributed by atoms with E-state index in [0.717, 1.165) is 16.9 Å². The van der Waals surface area contributed by atoms with E-state index in [-0.39, 0.29) is 0 Å². The van der Waals surface area contributed by atoms with Gasteiger partial charge in [-0.05, 0) is 28.9 Å². The summed E-state index contributed by atoms with van der Waals surface area (Å²) in [7, 11) is 1.63. The molecular formula is C19H21N2O3+. The maximum Gasteiger partial charge on any atom is 0.175 e. The largest absolute Gasteiger partial charge is 0.497 e. The lowest BCUT2D eigenvalue weighted by molar-refractivity contribution is -0.210. The van der Waals surface area contributed by atoms with Crippen molar-refractivity contribution in [1.82, 2.24) is 0 Å². The first-order valence-corrected chi connectivity index (χ1v) is 7.44. The summed E-state index contributed by atoms with van der Waals surface area (Å²) in [6.07, 6.45) is 3.34. The summed E-state index contributed by atoms with van der Waals surface area (Å²) in [5.74, 6) is 1.99. The van der Waals surface area contributed by atoms with Crippen LogP contribution in [0.25, 0.3) is 11.1 Å². The van der Waals surface area contributed by atoms with Gasteiger partial charge in [-0.15, -0.1) is 0 Å². The van der Waals surface area contributed by atoms with E-state index in [9.17, 15) is 0 Å². The third-order valence-electron chi connectivity index (χ3n) is 3.31. The molecule has 0 unspecified atom stereocenters. The average Bonchev–Trinajstić information content (AvgIpc) is 2.64. The molecule has 0 heterocycles. The molecular weight excluding hydrogens is 304 g/mol. The van der Waals surface area contributed by atoms with Crippen molar-refractivity contribution in [3.8, 4) is 28.4 Å². The van der Waals surface area contributed by atoms with E-state index >= 15 is 0 Å². The summed E-state index contributed by atoms with van der Waals surface area (Å²) < 4.78 is 16.6. The Bertz CT molecular complexity index is 724. The predicted octanol–water partition coefficient (Wildman–Crippen LogP) is 3.33. The van der Waals surface area contributed by atoms with Crippen molar-refractivity contribution >= 4 is 5.69 Å². The molecule has 0 spiro atoms. The van der Waals surface area contributed by atoms with Gasteiger partial charge in [-0.2, -0.15) is 5.53 Å². The first-order valence-electron chi connectivity index (χ1n) is 7.44. The van der Waals surface area contributed by atoms with Gasteiger partial charge < -0.3 is 14.2 Å². The van der Waals surface area contributed by atoms with E-state index in [4.69, 9.17) is 19.7 Å². The number of rotatable bonds is 9. The number of benzene rings is 2. The van der Waals surface area contributed by atoms with Gasteiger partial charge in [0, 0.05) is 11.6 Å². The third kappa shape index (κ3) is 4.01. The summed E-state index contributed by atoms with van der Waals surface area (Å²) in [5.41, 5.74) is 7.81. The molecule has 0 aliphatic rings. The Balaban J connectivity index is 2.52. The molecule has 0 aliphatic carbocycles. The van der Waals surface area contributed by atoms with Crippen LogP contribution in [0.3, 0.4) is 0 Å². The van der Waals surface area contributed by atoms with E-state index in [1.807, 2.05) is 30.3 Å². The van der Waals surface area contributed by atoms with Gasteiger partial charge in [-0.25, -0.2) is 0 Å². The van der Waals surface area contributed by atoms with Gasteiger partial charge >= 0.3 is 0 Å². The lowest BCUT2D eigenvalue weighted by Crippen LogP contribution is -2.22. The van der Waals surface area contributed by atoms with Gasteiger partial charge in [0.1, 0.15) is 24.7 Å². The zero-order chi connectivity index (χ0) is 17.4. The standard InChI is InChI=1S/C19H20N2O3/c1-4-10-23-18-13-17(21-20)19(24-11-5-2)12-16(18)14-6-8-15(22-3)9-7-14/h4-9,12-13,20H,1-2,10-11H2,3H3/p+1. The quantitative estimate of drug-likeness (QED) is 0.568. The molecule has 2 aromatic rings. The SMILES string of the molecule is C=CCOc1cc(-c2ccc(OC)cc2)c(OCC=C)cc1N=[NH2+]. The van der Waals surface area contributed by atoms with Gasteiger partial charge in [-0.1, -0.05) is 37.4 Å². The Hall–Kier alpha value is -3.08. The molecule has 0 aliphatic heterocycles. The highest BCUT2D eigenvalue weighted by atomic mass is 16.5. The Kier molecular flexibility index (Phi) is 6.14. The zero-order valence-electron chi connectivity index (χ0n) is 13.7. The van der Waals surface area contributed by atoms with Crippen LogP contribution in [0.5, 0.6) is 17.2 Å². The molecule has 5 heteroatoms. The zero-order valence-corrected chi connectivity index (χ0v) is 13.7. The minimum absolute atomic E-state index is 0.359. The smallest absolute Gasteiger partial charge is 0.175 e. The van der Waals surface area contributed by atoms with Gasteiger partial charge in [0.25, 0.3) is 0 Å². The van der Waals surface area contributed by atoms with Crippen LogP contribution in [-0.2, 0) is 0 Å². The number of nitrogens with two attached hydrogens (primary N) is 1. The molecule has 0 amide bonds. The minimum Gasteiger partial charge on any atom is -0.497 e. The highest BCUT2D eigenvalue weighted by Gasteiger charge is 2.15. The van der Waals surface area contributed by atoms with Crippen LogP contribution in [0.1, 0.15) is 0 Å². The van der Waals surface area contributed by atoms with E-state index < -0.39 is 0 Å². The van der Waals surface area contributed by atoms with E-state index in [2.05, 4.69) is 18.3 Å². The van der Waals surface area contributed by atoms with Crippen LogP contribution in [0.4, 0.5) is 5.69 Å². The maximum absolute atomic E-state index is 5.76. The fraction of sp³-hybridized carbons (Fsp3) is 0.158. The van der Waals surface area contributed by atoms with Gasteiger partial charge in [0.05, 0.1) is 7.11 Å². The molecule has 124 valence electrons. The molecule has 0 saturated heterocycles. The molecule has 0 radical (unpaired) electrons. The highest BCUT2D eigenvalue weighted by Crippen LogP contribution is 2.40. The molecule has 24 heavy (non-hydrogen) atoms. The van der Waals surface area contributed by atoms with Gasteiger partial charge in [0.15, 0.2) is 11.4 Å². The van der Waals surface area contributed by atoms with Crippen LogP contribution in [0.15, 0.2) is 66.8 Å².